The van der Waals surface area contributed by atoms with E-state index >= 15 is 0 Å². The van der Waals surface area contributed by atoms with E-state index in [4.69, 9.17) is 4.98 Å². The fourth-order valence-corrected chi connectivity index (χ4v) is 4.69. The van der Waals surface area contributed by atoms with Crippen LogP contribution in [0.2, 0.25) is 0 Å². The van der Waals surface area contributed by atoms with E-state index in [2.05, 4.69) is 39.1 Å². The Kier molecular flexibility index (Phi) is 7.71. The van der Waals surface area contributed by atoms with Gasteiger partial charge in [0, 0.05) is 37.9 Å². The first-order chi connectivity index (χ1) is 15.6. The van der Waals surface area contributed by atoms with Gasteiger partial charge in [-0.05, 0) is 58.9 Å². The smallest absolute Gasteiger partial charge is 0.256 e. The van der Waals surface area contributed by atoms with E-state index in [-0.39, 0.29) is 5.91 Å². The second kappa shape index (κ2) is 10.9. The Labute approximate surface area is 191 Å². The number of carbonyl (C=O) groups is 1. The molecule has 0 atom stereocenters. The highest BCUT2D eigenvalue weighted by Gasteiger charge is 2.26. The topological polar surface area (TPSA) is 64.6 Å². The van der Waals surface area contributed by atoms with Gasteiger partial charge in [0.25, 0.3) is 5.91 Å². The van der Waals surface area contributed by atoms with Crippen molar-refractivity contribution in [2.75, 3.05) is 58.3 Å². The molecule has 32 heavy (non-hydrogen) atoms. The zero-order valence-corrected chi connectivity index (χ0v) is 19.5. The summed E-state index contributed by atoms with van der Waals surface area (Å²) in [5.41, 5.74) is 1.52. The second-order valence-electron chi connectivity index (χ2n) is 9.10. The van der Waals surface area contributed by atoms with E-state index in [0.717, 1.165) is 56.9 Å². The molecule has 2 aromatic rings. The third-order valence-corrected chi connectivity index (χ3v) is 6.78. The molecule has 2 saturated heterocycles. The summed E-state index contributed by atoms with van der Waals surface area (Å²) in [5, 5.41) is 3.12. The highest BCUT2D eigenvalue weighted by atomic mass is 16.1. The number of nitrogens with one attached hydrogen (secondary N) is 1. The lowest BCUT2D eigenvalue weighted by atomic mass is 10.0. The molecule has 0 aliphatic carbocycles. The molecular weight excluding hydrogens is 400 g/mol. The van der Waals surface area contributed by atoms with Crippen molar-refractivity contribution in [3.63, 3.8) is 0 Å². The molecule has 0 spiro atoms. The van der Waals surface area contributed by atoms with Crippen molar-refractivity contribution < 1.29 is 4.79 Å². The lowest BCUT2D eigenvalue weighted by Gasteiger charge is -2.36. The molecule has 0 saturated carbocycles. The predicted molar refractivity (Wildman–Crippen MR) is 129 cm³/mol. The van der Waals surface area contributed by atoms with Gasteiger partial charge in [-0.3, -0.25) is 4.79 Å². The van der Waals surface area contributed by atoms with Gasteiger partial charge in [0.2, 0.25) is 0 Å². The van der Waals surface area contributed by atoms with E-state index in [1.54, 1.807) is 6.20 Å². The van der Waals surface area contributed by atoms with Crippen LogP contribution >= 0.6 is 0 Å². The zero-order chi connectivity index (χ0) is 22.3. The van der Waals surface area contributed by atoms with Crippen LogP contribution in [0.4, 0.5) is 5.82 Å². The van der Waals surface area contributed by atoms with E-state index in [1.165, 1.54) is 19.3 Å². The fourth-order valence-electron chi connectivity index (χ4n) is 4.69. The van der Waals surface area contributed by atoms with Crippen LogP contribution in [0.3, 0.4) is 0 Å². The van der Waals surface area contributed by atoms with Crippen LogP contribution in [0.15, 0.2) is 36.5 Å². The minimum atomic E-state index is -0.0867. The van der Waals surface area contributed by atoms with Crippen LogP contribution in [0.5, 0.6) is 0 Å². The van der Waals surface area contributed by atoms with Gasteiger partial charge < -0.3 is 20.0 Å². The standard InChI is InChI=1S/C25H36N6O/c1-29-16-11-21(12-17-29)30(2)24-22(19-27-23(28-24)20-9-5-3-6-10-20)25(32)26-13-18-31-14-7-4-8-15-31/h3,5-6,9-10,19,21H,4,7-8,11-18H2,1-2H3,(H,26,32). The summed E-state index contributed by atoms with van der Waals surface area (Å²) < 4.78 is 0. The summed E-state index contributed by atoms with van der Waals surface area (Å²) in [6.45, 7) is 5.93. The molecule has 172 valence electrons. The number of amides is 1. The maximum Gasteiger partial charge on any atom is 0.256 e. The Hall–Kier alpha value is -2.51. The summed E-state index contributed by atoms with van der Waals surface area (Å²) >= 11 is 0. The molecule has 4 rings (SSSR count). The molecule has 2 aliphatic heterocycles. The summed E-state index contributed by atoms with van der Waals surface area (Å²) in [5.74, 6) is 1.30. The fraction of sp³-hybridized carbons (Fsp3) is 0.560. The van der Waals surface area contributed by atoms with Crippen LogP contribution in [-0.2, 0) is 0 Å². The van der Waals surface area contributed by atoms with E-state index in [9.17, 15) is 4.79 Å². The van der Waals surface area contributed by atoms with Crippen molar-refractivity contribution in [2.24, 2.45) is 0 Å². The average Bonchev–Trinajstić information content (AvgIpc) is 2.85. The van der Waals surface area contributed by atoms with Gasteiger partial charge in [-0.15, -0.1) is 0 Å². The Balaban J connectivity index is 1.52. The zero-order valence-electron chi connectivity index (χ0n) is 19.5. The number of anilines is 1. The van der Waals surface area contributed by atoms with Crippen molar-refractivity contribution in [1.82, 2.24) is 25.1 Å². The van der Waals surface area contributed by atoms with Gasteiger partial charge >= 0.3 is 0 Å². The lowest BCUT2D eigenvalue weighted by Crippen LogP contribution is -2.43. The van der Waals surface area contributed by atoms with Gasteiger partial charge in [0.15, 0.2) is 5.82 Å². The first-order valence-electron chi connectivity index (χ1n) is 12.0. The molecule has 1 N–H and O–H groups in total. The summed E-state index contributed by atoms with van der Waals surface area (Å²) in [6.07, 6.45) is 7.66. The number of rotatable bonds is 7. The largest absolute Gasteiger partial charge is 0.356 e. The maximum atomic E-state index is 13.1. The molecule has 7 nitrogen and oxygen atoms in total. The number of hydrogen-bond donors (Lipinski definition) is 1. The Morgan fingerprint density at radius 2 is 1.81 bits per heavy atom. The first kappa shape index (κ1) is 22.7. The van der Waals surface area contributed by atoms with E-state index in [1.807, 2.05) is 30.3 Å². The molecule has 7 heteroatoms. The van der Waals surface area contributed by atoms with E-state index < -0.39 is 0 Å². The minimum Gasteiger partial charge on any atom is -0.356 e. The van der Waals surface area contributed by atoms with Crippen LogP contribution in [0, 0.1) is 0 Å². The van der Waals surface area contributed by atoms with Crippen molar-refractivity contribution in [2.45, 2.75) is 38.1 Å². The number of benzene rings is 1. The number of aromatic nitrogens is 2. The van der Waals surface area contributed by atoms with Crippen molar-refractivity contribution in [3.8, 4) is 11.4 Å². The second-order valence-corrected chi connectivity index (χ2v) is 9.10. The summed E-state index contributed by atoms with van der Waals surface area (Å²) in [7, 11) is 4.23. The molecule has 0 unspecified atom stereocenters. The molecule has 1 aromatic carbocycles. The van der Waals surface area contributed by atoms with Crippen LogP contribution < -0.4 is 10.2 Å². The molecule has 3 heterocycles. The lowest BCUT2D eigenvalue weighted by molar-refractivity contribution is 0.0946. The molecular formula is C25H36N6O. The number of likely N-dealkylation sites (tertiary alicyclic amines) is 2. The quantitative estimate of drug-likeness (QED) is 0.720. The first-order valence-corrected chi connectivity index (χ1v) is 12.0. The number of nitrogens with zero attached hydrogens (tertiary/aromatic N) is 5. The third kappa shape index (κ3) is 5.64. The SMILES string of the molecule is CN1CCC(N(C)c2nc(-c3ccccc3)ncc2C(=O)NCCN2CCCCC2)CC1. The highest BCUT2D eigenvalue weighted by Crippen LogP contribution is 2.26. The number of carbonyl (C=O) groups excluding carboxylic acids is 1. The molecule has 0 radical (unpaired) electrons. The maximum absolute atomic E-state index is 13.1. The molecule has 1 amide bonds. The number of hydrogen-bond acceptors (Lipinski definition) is 6. The van der Waals surface area contributed by atoms with Gasteiger partial charge in [0.1, 0.15) is 11.4 Å². The van der Waals surface area contributed by atoms with Crippen LogP contribution in [-0.4, -0.2) is 85.1 Å². The monoisotopic (exact) mass is 436 g/mol. The van der Waals surface area contributed by atoms with E-state index in [0.29, 0.717) is 24.0 Å². The summed E-state index contributed by atoms with van der Waals surface area (Å²) in [4.78, 5) is 29.6. The minimum absolute atomic E-state index is 0.0867. The van der Waals surface area contributed by atoms with Crippen molar-refractivity contribution in [1.29, 1.82) is 0 Å². The highest BCUT2D eigenvalue weighted by molar-refractivity contribution is 5.99. The van der Waals surface area contributed by atoms with Gasteiger partial charge in [-0.25, -0.2) is 9.97 Å². The third-order valence-electron chi connectivity index (χ3n) is 6.78. The van der Waals surface area contributed by atoms with Gasteiger partial charge in [0.05, 0.1) is 0 Å². The molecule has 0 bridgehead atoms. The predicted octanol–water partition coefficient (Wildman–Crippen LogP) is 2.89. The average molecular weight is 437 g/mol. The molecule has 2 fully saturated rings. The Morgan fingerprint density at radius 1 is 1.09 bits per heavy atom. The summed E-state index contributed by atoms with van der Waals surface area (Å²) in [6, 6.07) is 10.3. The van der Waals surface area contributed by atoms with Crippen molar-refractivity contribution in [3.05, 3.63) is 42.1 Å². The Morgan fingerprint density at radius 3 is 2.53 bits per heavy atom. The molecule has 2 aliphatic rings. The van der Waals surface area contributed by atoms with Crippen LogP contribution in [0.1, 0.15) is 42.5 Å². The van der Waals surface area contributed by atoms with Gasteiger partial charge in [-0.2, -0.15) is 0 Å². The Bertz CT molecular complexity index is 875. The van der Waals surface area contributed by atoms with Crippen LogP contribution in [0.25, 0.3) is 11.4 Å². The molecule has 1 aromatic heterocycles. The van der Waals surface area contributed by atoms with Gasteiger partial charge in [-0.1, -0.05) is 36.8 Å². The van der Waals surface area contributed by atoms with Crippen molar-refractivity contribution >= 4 is 11.7 Å². The number of piperidine rings is 2. The normalized spacial score (nSPS) is 18.4.